The molecular formula is C6H11NO2S2. The lowest BCUT2D eigenvalue weighted by molar-refractivity contribution is -0.137. The number of rotatable bonds is 2. The first kappa shape index (κ1) is 9.22. The van der Waals surface area contributed by atoms with Gasteiger partial charge in [0.1, 0.15) is 0 Å². The van der Waals surface area contributed by atoms with Crippen molar-refractivity contribution in [1.82, 2.24) is 0 Å². The van der Waals surface area contributed by atoms with E-state index < -0.39 is 10.7 Å². The predicted octanol–water partition coefficient (Wildman–Crippen LogP) is 0.551. The lowest BCUT2D eigenvalue weighted by Gasteiger charge is -2.24. The van der Waals surface area contributed by atoms with Gasteiger partial charge in [0, 0.05) is 4.75 Å². The van der Waals surface area contributed by atoms with E-state index in [-0.39, 0.29) is 11.8 Å². The Hall–Kier alpha value is 0.130. The van der Waals surface area contributed by atoms with Crippen LogP contribution in [0.2, 0.25) is 0 Å². The highest BCUT2D eigenvalue weighted by atomic mass is 32.2. The van der Waals surface area contributed by atoms with Gasteiger partial charge in [-0.2, -0.15) is 12.6 Å². The molecule has 64 valence electrons. The van der Waals surface area contributed by atoms with E-state index in [0.29, 0.717) is 0 Å². The molecule has 2 unspecified atom stereocenters. The van der Waals surface area contributed by atoms with E-state index >= 15 is 0 Å². The summed E-state index contributed by atoms with van der Waals surface area (Å²) in [5.41, 5.74) is 5.68. The Balaban J connectivity index is 2.58. The topological polar surface area (TPSA) is 63.3 Å². The Bertz CT molecular complexity index is 176. The van der Waals surface area contributed by atoms with Crippen molar-refractivity contribution in [3.8, 4) is 0 Å². The summed E-state index contributed by atoms with van der Waals surface area (Å²) in [6.45, 7) is 0. The molecule has 5 heteroatoms. The molecule has 0 bridgehead atoms. The highest BCUT2D eigenvalue weighted by Crippen LogP contribution is 2.40. The van der Waals surface area contributed by atoms with Crippen LogP contribution >= 0.6 is 24.4 Å². The third kappa shape index (κ3) is 2.04. The van der Waals surface area contributed by atoms with Crippen LogP contribution in [0.4, 0.5) is 0 Å². The van der Waals surface area contributed by atoms with E-state index in [2.05, 4.69) is 12.6 Å². The SMILES string of the molecule is NC1SCCC1(S)CC(=O)O. The number of aliphatic carboxylic acids is 1. The summed E-state index contributed by atoms with van der Waals surface area (Å²) in [5, 5.41) is 8.41. The number of hydrogen-bond donors (Lipinski definition) is 3. The number of thioether (sulfide) groups is 1. The van der Waals surface area contributed by atoms with Gasteiger partial charge in [0.25, 0.3) is 0 Å². The van der Waals surface area contributed by atoms with Gasteiger partial charge in [0.15, 0.2) is 0 Å². The number of hydrogen-bond acceptors (Lipinski definition) is 4. The van der Waals surface area contributed by atoms with Crippen LogP contribution in [0.3, 0.4) is 0 Å². The molecular weight excluding hydrogens is 182 g/mol. The zero-order valence-corrected chi connectivity index (χ0v) is 7.70. The number of carbonyl (C=O) groups is 1. The van der Waals surface area contributed by atoms with Crippen LogP contribution in [0.1, 0.15) is 12.8 Å². The highest BCUT2D eigenvalue weighted by molar-refractivity contribution is 8.01. The molecule has 3 nitrogen and oxygen atoms in total. The van der Waals surface area contributed by atoms with Gasteiger partial charge in [0.05, 0.1) is 11.8 Å². The normalized spacial score (nSPS) is 37.5. The van der Waals surface area contributed by atoms with E-state index in [1.807, 2.05) is 0 Å². The molecule has 0 saturated carbocycles. The maximum absolute atomic E-state index is 10.4. The molecule has 1 fully saturated rings. The number of carboxylic acid groups (broad SMARTS) is 1. The molecule has 0 spiro atoms. The molecule has 3 N–H and O–H groups in total. The van der Waals surface area contributed by atoms with Gasteiger partial charge >= 0.3 is 5.97 Å². The molecule has 1 rings (SSSR count). The van der Waals surface area contributed by atoms with Crippen LogP contribution in [-0.4, -0.2) is 26.9 Å². The fraction of sp³-hybridized carbons (Fsp3) is 0.833. The zero-order chi connectivity index (χ0) is 8.48. The predicted molar refractivity (Wildman–Crippen MR) is 49.0 cm³/mol. The number of nitrogens with two attached hydrogens (primary N) is 1. The van der Waals surface area contributed by atoms with E-state index in [4.69, 9.17) is 10.8 Å². The molecule has 1 aliphatic heterocycles. The van der Waals surface area contributed by atoms with Gasteiger partial charge in [0.2, 0.25) is 0 Å². The van der Waals surface area contributed by atoms with Crippen LogP contribution in [0, 0.1) is 0 Å². The van der Waals surface area contributed by atoms with Gasteiger partial charge in [-0.05, 0) is 12.2 Å². The van der Waals surface area contributed by atoms with Crippen LogP contribution < -0.4 is 5.73 Å². The lowest BCUT2D eigenvalue weighted by atomic mass is 10.0. The first-order chi connectivity index (χ1) is 5.04. The second kappa shape index (κ2) is 3.25. The van der Waals surface area contributed by atoms with Crippen molar-refractivity contribution in [3.05, 3.63) is 0 Å². The molecule has 1 saturated heterocycles. The Labute approximate surface area is 75.1 Å². The third-order valence-electron chi connectivity index (χ3n) is 1.82. The number of carboxylic acids is 1. The van der Waals surface area contributed by atoms with Crippen LogP contribution in [0.25, 0.3) is 0 Å². The maximum Gasteiger partial charge on any atom is 0.304 e. The van der Waals surface area contributed by atoms with Crippen molar-refractivity contribution in [3.63, 3.8) is 0 Å². The van der Waals surface area contributed by atoms with Crippen LogP contribution in [-0.2, 0) is 4.79 Å². The van der Waals surface area contributed by atoms with Crippen LogP contribution in [0.5, 0.6) is 0 Å². The van der Waals surface area contributed by atoms with Gasteiger partial charge < -0.3 is 10.8 Å². The van der Waals surface area contributed by atoms with Crippen molar-refractivity contribution in [1.29, 1.82) is 0 Å². The zero-order valence-electron chi connectivity index (χ0n) is 5.99. The minimum atomic E-state index is -0.821. The van der Waals surface area contributed by atoms with Crippen molar-refractivity contribution in [2.45, 2.75) is 23.0 Å². The minimum Gasteiger partial charge on any atom is -0.481 e. The first-order valence-corrected chi connectivity index (χ1v) is 4.85. The Kier molecular flexibility index (Phi) is 2.72. The molecule has 0 aromatic rings. The van der Waals surface area contributed by atoms with Gasteiger partial charge in [-0.25, -0.2) is 0 Å². The first-order valence-electron chi connectivity index (χ1n) is 3.36. The molecule has 0 radical (unpaired) electrons. The van der Waals surface area contributed by atoms with Crippen molar-refractivity contribution < 1.29 is 9.90 Å². The summed E-state index contributed by atoms with van der Waals surface area (Å²) >= 11 is 5.87. The van der Waals surface area contributed by atoms with Crippen molar-refractivity contribution in [2.24, 2.45) is 5.73 Å². The Morgan fingerprint density at radius 2 is 2.55 bits per heavy atom. The minimum absolute atomic E-state index is 0.0598. The molecule has 1 aliphatic rings. The maximum atomic E-state index is 10.4. The van der Waals surface area contributed by atoms with Gasteiger partial charge in [-0.15, -0.1) is 11.8 Å². The largest absolute Gasteiger partial charge is 0.481 e. The average Bonchev–Trinajstić information content (AvgIpc) is 2.11. The Morgan fingerprint density at radius 3 is 2.91 bits per heavy atom. The van der Waals surface area contributed by atoms with E-state index in [0.717, 1.165) is 12.2 Å². The molecule has 2 atom stereocenters. The quantitative estimate of drug-likeness (QED) is 0.560. The summed E-state index contributed by atoms with van der Waals surface area (Å²) in [4.78, 5) is 10.4. The molecule has 0 amide bonds. The van der Waals surface area contributed by atoms with Crippen molar-refractivity contribution >= 4 is 30.4 Å². The summed E-state index contributed by atoms with van der Waals surface area (Å²) in [5.74, 6) is 0.0933. The smallest absolute Gasteiger partial charge is 0.304 e. The molecule has 0 aromatic heterocycles. The summed E-state index contributed by atoms with van der Waals surface area (Å²) in [6, 6.07) is 0. The summed E-state index contributed by atoms with van der Waals surface area (Å²) in [7, 11) is 0. The molecule has 1 heterocycles. The highest BCUT2D eigenvalue weighted by Gasteiger charge is 2.39. The summed E-state index contributed by atoms with van der Waals surface area (Å²) in [6.07, 6.45) is 0.846. The fourth-order valence-corrected chi connectivity index (χ4v) is 2.98. The molecule has 0 aliphatic carbocycles. The molecule has 11 heavy (non-hydrogen) atoms. The second-order valence-electron chi connectivity index (χ2n) is 2.72. The van der Waals surface area contributed by atoms with E-state index in [1.54, 1.807) is 11.8 Å². The Morgan fingerprint density at radius 1 is 1.91 bits per heavy atom. The van der Waals surface area contributed by atoms with Crippen LogP contribution in [0.15, 0.2) is 0 Å². The standard InChI is InChI=1S/C6H11NO2S2/c7-5-6(10,1-2-11-5)3-4(8)9/h5,10H,1-3,7H2,(H,8,9). The fourth-order valence-electron chi connectivity index (χ4n) is 1.11. The average molecular weight is 193 g/mol. The van der Waals surface area contributed by atoms with Gasteiger partial charge in [-0.1, -0.05) is 0 Å². The monoisotopic (exact) mass is 193 g/mol. The van der Waals surface area contributed by atoms with E-state index in [9.17, 15) is 4.79 Å². The van der Waals surface area contributed by atoms with Crippen molar-refractivity contribution in [2.75, 3.05) is 5.75 Å². The molecule has 0 aromatic carbocycles. The third-order valence-corrected chi connectivity index (χ3v) is 3.90. The van der Waals surface area contributed by atoms with Gasteiger partial charge in [-0.3, -0.25) is 4.79 Å². The van der Waals surface area contributed by atoms with E-state index in [1.165, 1.54) is 0 Å². The lowest BCUT2D eigenvalue weighted by Crippen LogP contribution is -2.38. The number of thiol groups is 1. The summed E-state index contributed by atoms with van der Waals surface area (Å²) < 4.78 is -0.490. The second-order valence-corrected chi connectivity index (χ2v) is 4.86.